The summed E-state index contributed by atoms with van der Waals surface area (Å²) in [6, 6.07) is 7.62. The molecule has 1 aliphatic heterocycles. The number of allylic oxidation sites excluding steroid dienone is 2. The van der Waals surface area contributed by atoms with Crippen molar-refractivity contribution < 1.29 is 24.0 Å². The van der Waals surface area contributed by atoms with E-state index in [2.05, 4.69) is 10.1 Å². The van der Waals surface area contributed by atoms with Crippen LogP contribution in [0.5, 0.6) is 17.4 Å². The SMILES string of the molecule is COc1cc(C=NN2C(=O)C3C4C=CC(C4)C3C2=O)ccc1Oc1ccc([N+](=O)[O-])cn1. The molecular weight excluding hydrogens is 416 g/mol. The number of benzene rings is 1. The number of carbonyl (C=O) groups excluding carboxylic acids is 2. The largest absolute Gasteiger partial charge is 0.493 e. The van der Waals surface area contributed by atoms with Gasteiger partial charge in [-0.15, -0.1) is 0 Å². The number of nitro groups is 1. The lowest BCUT2D eigenvalue weighted by Gasteiger charge is -2.13. The lowest BCUT2D eigenvalue weighted by molar-refractivity contribution is -0.385. The molecule has 1 saturated carbocycles. The first kappa shape index (κ1) is 19.9. The zero-order valence-electron chi connectivity index (χ0n) is 17.0. The highest BCUT2D eigenvalue weighted by atomic mass is 16.6. The molecule has 2 aliphatic carbocycles. The van der Waals surface area contributed by atoms with Gasteiger partial charge in [0.25, 0.3) is 17.5 Å². The van der Waals surface area contributed by atoms with Gasteiger partial charge in [0.1, 0.15) is 6.20 Å². The average molecular weight is 434 g/mol. The van der Waals surface area contributed by atoms with Crippen LogP contribution in [0.3, 0.4) is 0 Å². The minimum absolute atomic E-state index is 0.131. The first-order valence-corrected chi connectivity index (χ1v) is 10.0. The first-order chi connectivity index (χ1) is 15.5. The second-order valence-corrected chi connectivity index (χ2v) is 7.86. The Morgan fingerprint density at radius 3 is 2.44 bits per heavy atom. The van der Waals surface area contributed by atoms with Crippen molar-refractivity contribution in [1.82, 2.24) is 9.99 Å². The van der Waals surface area contributed by atoms with Crippen LogP contribution >= 0.6 is 0 Å². The van der Waals surface area contributed by atoms with Gasteiger partial charge in [-0.1, -0.05) is 12.2 Å². The number of fused-ring (bicyclic) bond motifs is 5. The van der Waals surface area contributed by atoms with Crippen LogP contribution in [0.1, 0.15) is 12.0 Å². The van der Waals surface area contributed by atoms with Crippen molar-refractivity contribution in [3.63, 3.8) is 0 Å². The molecule has 3 aliphatic rings. The molecule has 1 aromatic carbocycles. The predicted molar refractivity (Wildman–Crippen MR) is 111 cm³/mol. The van der Waals surface area contributed by atoms with Crippen LogP contribution in [0, 0.1) is 33.8 Å². The molecule has 0 spiro atoms. The summed E-state index contributed by atoms with van der Waals surface area (Å²) in [5.74, 6) is 0.0522. The third-order valence-corrected chi connectivity index (χ3v) is 6.10. The zero-order valence-corrected chi connectivity index (χ0v) is 17.0. The molecule has 1 saturated heterocycles. The number of hydrogen-bond donors (Lipinski definition) is 0. The highest BCUT2D eigenvalue weighted by molar-refractivity contribution is 6.06. The molecule has 0 N–H and O–H groups in total. The smallest absolute Gasteiger partial charge is 0.287 e. The molecule has 32 heavy (non-hydrogen) atoms. The number of nitrogens with zero attached hydrogens (tertiary/aromatic N) is 4. The lowest BCUT2D eigenvalue weighted by atomic mass is 9.85. The van der Waals surface area contributed by atoms with E-state index >= 15 is 0 Å². The Bertz CT molecular complexity index is 1150. The molecule has 2 bridgehead atoms. The van der Waals surface area contributed by atoms with Crippen LogP contribution in [0.15, 0.2) is 53.8 Å². The van der Waals surface area contributed by atoms with Gasteiger partial charge >= 0.3 is 0 Å². The zero-order chi connectivity index (χ0) is 22.4. The van der Waals surface area contributed by atoms with E-state index in [1.807, 2.05) is 12.2 Å². The number of ether oxygens (including phenoxy) is 2. The van der Waals surface area contributed by atoms with E-state index in [4.69, 9.17) is 9.47 Å². The highest BCUT2D eigenvalue weighted by Gasteiger charge is 2.59. The van der Waals surface area contributed by atoms with Crippen molar-refractivity contribution >= 4 is 23.7 Å². The van der Waals surface area contributed by atoms with Crippen molar-refractivity contribution in [3.8, 4) is 17.4 Å². The number of aromatic nitrogens is 1. The number of carbonyl (C=O) groups is 2. The van der Waals surface area contributed by atoms with Gasteiger partial charge in [0.15, 0.2) is 11.5 Å². The quantitative estimate of drug-likeness (QED) is 0.225. The maximum atomic E-state index is 12.7. The van der Waals surface area contributed by atoms with Crippen molar-refractivity contribution in [2.45, 2.75) is 6.42 Å². The molecule has 2 amide bonds. The fourth-order valence-corrected chi connectivity index (χ4v) is 4.63. The highest BCUT2D eigenvalue weighted by Crippen LogP contribution is 2.52. The van der Waals surface area contributed by atoms with E-state index in [0.717, 1.165) is 17.6 Å². The molecular formula is C22H18N4O6. The van der Waals surface area contributed by atoms with Gasteiger partial charge in [-0.2, -0.15) is 10.1 Å². The van der Waals surface area contributed by atoms with Gasteiger partial charge in [0.05, 0.1) is 30.1 Å². The van der Waals surface area contributed by atoms with Crippen LogP contribution in [-0.4, -0.2) is 40.1 Å². The van der Waals surface area contributed by atoms with Crippen LogP contribution in [-0.2, 0) is 9.59 Å². The number of amides is 2. The van der Waals surface area contributed by atoms with E-state index in [0.29, 0.717) is 17.1 Å². The molecule has 2 aromatic rings. The van der Waals surface area contributed by atoms with Gasteiger partial charge in [0, 0.05) is 12.1 Å². The minimum atomic E-state index is -0.546. The fourth-order valence-electron chi connectivity index (χ4n) is 4.63. The van der Waals surface area contributed by atoms with E-state index in [-0.39, 0.29) is 47.1 Å². The average Bonchev–Trinajstić information content (AvgIpc) is 3.48. The summed E-state index contributed by atoms with van der Waals surface area (Å²) in [6.07, 6.45) is 7.47. The number of hydrazone groups is 1. The Hall–Kier alpha value is -4.08. The Morgan fingerprint density at radius 2 is 1.84 bits per heavy atom. The molecule has 10 heteroatoms. The summed E-state index contributed by atoms with van der Waals surface area (Å²) < 4.78 is 11.0. The van der Waals surface area contributed by atoms with Gasteiger partial charge < -0.3 is 9.47 Å². The van der Waals surface area contributed by atoms with E-state index in [1.165, 1.54) is 25.5 Å². The monoisotopic (exact) mass is 434 g/mol. The Labute approximate surface area is 182 Å². The minimum Gasteiger partial charge on any atom is -0.493 e. The summed E-state index contributed by atoms with van der Waals surface area (Å²) >= 11 is 0. The van der Waals surface area contributed by atoms with Crippen molar-refractivity contribution in [2.75, 3.05) is 7.11 Å². The Kier molecular flexibility index (Phi) is 4.69. The number of hydrogen-bond acceptors (Lipinski definition) is 8. The molecule has 162 valence electrons. The molecule has 5 rings (SSSR count). The normalized spacial score (nSPS) is 25.6. The van der Waals surface area contributed by atoms with Crippen molar-refractivity contribution in [3.05, 3.63) is 64.4 Å². The second kappa shape index (κ2) is 7.56. The Morgan fingerprint density at radius 1 is 1.12 bits per heavy atom. The number of methoxy groups -OCH3 is 1. The maximum Gasteiger partial charge on any atom is 0.287 e. The maximum absolute atomic E-state index is 12.7. The summed E-state index contributed by atoms with van der Waals surface area (Å²) in [6.45, 7) is 0. The summed E-state index contributed by atoms with van der Waals surface area (Å²) in [5.41, 5.74) is 0.458. The molecule has 1 aromatic heterocycles. The van der Waals surface area contributed by atoms with E-state index < -0.39 is 4.92 Å². The number of rotatable bonds is 6. The molecule has 10 nitrogen and oxygen atoms in total. The van der Waals surface area contributed by atoms with Crippen LogP contribution in [0.25, 0.3) is 0 Å². The van der Waals surface area contributed by atoms with E-state index in [9.17, 15) is 19.7 Å². The summed E-state index contributed by atoms with van der Waals surface area (Å²) in [5, 5.41) is 15.9. The number of pyridine rings is 1. The molecule has 2 heterocycles. The third kappa shape index (κ3) is 3.20. The summed E-state index contributed by atoms with van der Waals surface area (Å²) in [4.78, 5) is 39.5. The van der Waals surface area contributed by atoms with Crippen molar-refractivity contribution in [1.29, 1.82) is 0 Å². The summed E-state index contributed by atoms with van der Waals surface area (Å²) in [7, 11) is 1.46. The fraction of sp³-hybridized carbons (Fsp3) is 0.273. The standard InChI is InChI=1S/C22H18N4O6/c1-31-17-8-12(2-6-16(17)32-18-7-5-15(11-23-18)26(29)30)10-24-25-21(27)19-13-3-4-14(9-13)20(19)22(25)28/h2-8,10-11,13-14,19-20H,9H2,1H3. The van der Waals surface area contributed by atoms with Gasteiger partial charge in [-0.05, 0) is 42.0 Å². The van der Waals surface area contributed by atoms with Crippen molar-refractivity contribution in [2.24, 2.45) is 28.8 Å². The van der Waals surface area contributed by atoms with E-state index in [1.54, 1.807) is 18.2 Å². The van der Waals surface area contributed by atoms with Gasteiger partial charge in [-0.3, -0.25) is 19.7 Å². The molecule has 4 unspecified atom stereocenters. The predicted octanol–water partition coefficient (Wildman–Crippen LogP) is 2.93. The van der Waals surface area contributed by atoms with Crippen LogP contribution in [0.2, 0.25) is 0 Å². The molecule has 4 atom stereocenters. The second-order valence-electron chi connectivity index (χ2n) is 7.86. The third-order valence-electron chi connectivity index (χ3n) is 6.10. The molecule has 2 fully saturated rings. The lowest BCUT2D eigenvalue weighted by Crippen LogP contribution is -2.28. The number of imide groups is 1. The first-order valence-electron chi connectivity index (χ1n) is 10.0. The van der Waals surface area contributed by atoms with Crippen LogP contribution in [0.4, 0.5) is 5.69 Å². The topological polar surface area (TPSA) is 124 Å². The van der Waals surface area contributed by atoms with Gasteiger partial charge in [0.2, 0.25) is 5.88 Å². The van der Waals surface area contributed by atoms with Crippen LogP contribution < -0.4 is 9.47 Å². The van der Waals surface area contributed by atoms with Gasteiger partial charge in [-0.25, -0.2) is 4.98 Å². The molecule has 0 radical (unpaired) electrons. The Balaban J connectivity index is 1.32.